The molecule has 0 saturated carbocycles. The fraction of sp³-hybridized carbons (Fsp3) is 0.765. The van der Waals surface area contributed by atoms with Gasteiger partial charge in [-0.3, -0.25) is 4.79 Å². The van der Waals surface area contributed by atoms with Crippen molar-refractivity contribution in [2.75, 3.05) is 13.7 Å². The van der Waals surface area contributed by atoms with Crippen molar-refractivity contribution in [2.24, 2.45) is 0 Å². The zero-order valence-electron chi connectivity index (χ0n) is 15.1. The minimum Gasteiger partial charge on any atom is -0.372 e. The summed E-state index contributed by atoms with van der Waals surface area (Å²) in [4.78, 5) is 19.1. The number of carbonyl (C=O) groups excluding carboxylic acids is 1. The van der Waals surface area contributed by atoms with Crippen molar-refractivity contribution >= 4 is 42.1 Å². The zero-order chi connectivity index (χ0) is 16.4. The molecule has 0 radical (unpaired) electrons. The number of fused-ring (bicyclic) bond motifs is 2. The molecule has 0 aromatic carbocycles. The Balaban J connectivity index is 0.00000156. The van der Waals surface area contributed by atoms with Crippen LogP contribution in [0, 0.1) is 0 Å². The highest BCUT2D eigenvalue weighted by Gasteiger charge is 2.36. The van der Waals surface area contributed by atoms with Crippen LogP contribution in [-0.4, -0.2) is 47.6 Å². The SMILES string of the molecule is CCOC(C)c1nc(CC(=O)N(C)C2CC3CCC(C2)N3)cs1.Cl.Cl. The first kappa shape index (κ1) is 22.6. The summed E-state index contributed by atoms with van der Waals surface area (Å²) in [7, 11) is 1.95. The highest BCUT2D eigenvalue weighted by atomic mass is 35.5. The van der Waals surface area contributed by atoms with Gasteiger partial charge in [0.25, 0.3) is 0 Å². The molecule has 0 spiro atoms. The summed E-state index contributed by atoms with van der Waals surface area (Å²) < 4.78 is 5.56. The lowest BCUT2D eigenvalue weighted by Crippen LogP contribution is -2.49. The van der Waals surface area contributed by atoms with Crippen LogP contribution in [0.2, 0.25) is 0 Å². The number of hydrogen-bond donors (Lipinski definition) is 1. The van der Waals surface area contributed by atoms with Crippen molar-refractivity contribution in [1.29, 1.82) is 0 Å². The number of halogens is 2. The van der Waals surface area contributed by atoms with E-state index in [0.717, 1.165) is 23.5 Å². The molecule has 5 nitrogen and oxygen atoms in total. The van der Waals surface area contributed by atoms with E-state index in [4.69, 9.17) is 4.74 Å². The fourth-order valence-electron chi connectivity index (χ4n) is 3.74. The molecular formula is C17H29Cl2N3O2S. The first-order valence-corrected chi connectivity index (χ1v) is 9.52. The topological polar surface area (TPSA) is 54.5 Å². The number of likely N-dealkylation sites (N-methyl/N-ethyl adjacent to an activating group) is 1. The van der Waals surface area contributed by atoms with E-state index in [1.807, 2.05) is 31.2 Å². The predicted octanol–water partition coefficient (Wildman–Crippen LogP) is 3.37. The second-order valence-electron chi connectivity index (χ2n) is 6.72. The van der Waals surface area contributed by atoms with Crippen molar-refractivity contribution in [3.05, 3.63) is 16.1 Å². The van der Waals surface area contributed by atoms with Crippen LogP contribution in [-0.2, 0) is 16.0 Å². The Morgan fingerprint density at radius 1 is 1.40 bits per heavy atom. The molecule has 2 aliphatic rings. The zero-order valence-corrected chi connectivity index (χ0v) is 17.5. The molecule has 8 heteroatoms. The maximum atomic E-state index is 12.6. The molecule has 2 aliphatic heterocycles. The van der Waals surface area contributed by atoms with E-state index in [-0.39, 0.29) is 36.8 Å². The molecule has 1 aromatic heterocycles. The summed E-state index contributed by atoms with van der Waals surface area (Å²) in [6.45, 7) is 4.66. The normalized spacial score (nSPS) is 25.6. The summed E-state index contributed by atoms with van der Waals surface area (Å²) in [6.07, 6.45) is 5.09. The Hall–Kier alpha value is -0.400. The third-order valence-corrected chi connectivity index (χ3v) is 6.11. The van der Waals surface area contributed by atoms with Crippen LogP contribution in [0.1, 0.15) is 56.3 Å². The summed E-state index contributed by atoms with van der Waals surface area (Å²) in [5, 5.41) is 6.57. The van der Waals surface area contributed by atoms with Crippen LogP contribution in [0.4, 0.5) is 0 Å². The third-order valence-electron chi connectivity index (χ3n) is 5.06. The summed E-state index contributed by atoms with van der Waals surface area (Å²) in [5.74, 6) is 0.178. The lowest BCUT2D eigenvalue weighted by Gasteiger charge is -2.35. The Morgan fingerprint density at radius 3 is 2.64 bits per heavy atom. The summed E-state index contributed by atoms with van der Waals surface area (Å²) in [5.41, 5.74) is 0.866. The molecule has 0 aliphatic carbocycles. The van der Waals surface area contributed by atoms with Gasteiger partial charge in [-0.25, -0.2) is 4.98 Å². The number of rotatable bonds is 6. The quantitative estimate of drug-likeness (QED) is 0.782. The number of nitrogens with zero attached hydrogens (tertiary/aromatic N) is 2. The molecule has 1 amide bonds. The minimum atomic E-state index is 0. The number of carbonyl (C=O) groups is 1. The van der Waals surface area contributed by atoms with Crippen LogP contribution < -0.4 is 5.32 Å². The third kappa shape index (κ3) is 5.54. The maximum Gasteiger partial charge on any atom is 0.228 e. The number of aromatic nitrogens is 1. The molecule has 3 heterocycles. The van der Waals surface area contributed by atoms with Crippen LogP contribution in [0.15, 0.2) is 5.38 Å². The number of hydrogen-bond acceptors (Lipinski definition) is 5. The number of nitrogens with one attached hydrogen (secondary N) is 1. The van der Waals surface area contributed by atoms with Gasteiger partial charge in [-0.15, -0.1) is 36.2 Å². The van der Waals surface area contributed by atoms with E-state index < -0.39 is 0 Å². The Kier molecular flexibility index (Phi) is 9.12. The van der Waals surface area contributed by atoms with Gasteiger partial charge < -0.3 is 15.0 Å². The Morgan fingerprint density at radius 2 is 2.04 bits per heavy atom. The van der Waals surface area contributed by atoms with Gasteiger partial charge in [-0.2, -0.15) is 0 Å². The van der Waals surface area contributed by atoms with E-state index in [0.29, 0.717) is 31.2 Å². The lowest BCUT2D eigenvalue weighted by atomic mass is 9.98. The molecule has 1 aromatic rings. The average Bonchev–Trinajstić information content (AvgIpc) is 3.13. The van der Waals surface area contributed by atoms with Gasteiger partial charge in [-0.1, -0.05) is 0 Å². The maximum absolute atomic E-state index is 12.6. The number of amides is 1. The van der Waals surface area contributed by atoms with Crippen molar-refractivity contribution in [3.63, 3.8) is 0 Å². The average molecular weight is 410 g/mol. The standard InChI is InChI=1S/C17H27N3O2S.2ClH/c1-4-22-11(2)17-19-14(10-23-17)9-16(21)20(3)15-7-12-5-6-13(8-15)18-12;;/h10-13,15,18H,4-9H2,1-3H3;2*1H. The van der Waals surface area contributed by atoms with Crippen molar-refractivity contribution < 1.29 is 9.53 Å². The fourth-order valence-corrected chi connectivity index (χ4v) is 4.56. The van der Waals surface area contributed by atoms with E-state index in [2.05, 4.69) is 10.3 Å². The van der Waals surface area contributed by atoms with E-state index in [1.54, 1.807) is 11.3 Å². The summed E-state index contributed by atoms with van der Waals surface area (Å²) >= 11 is 1.58. The molecule has 2 fully saturated rings. The number of thiazole rings is 1. The lowest BCUT2D eigenvalue weighted by molar-refractivity contribution is -0.132. The Labute approximate surface area is 166 Å². The van der Waals surface area contributed by atoms with Gasteiger partial charge in [0.2, 0.25) is 5.91 Å². The van der Waals surface area contributed by atoms with Gasteiger partial charge in [0.05, 0.1) is 12.1 Å². The second kappa shape index (κ2) is 10.1. The number of ether oxygens (including phenoxy) is 1. The van der Waals surface area contributed by atoms with E-state index in [9.17, 15) is 4.79 Å². The molecule has 1 N–H and O–H groups in total. The molecule has 3 atom stereocenters. The van der Waals surface area contributed by atoms with Crippen LogP contribution >= 0.6 is 36.2 Å². The first-order chi connectivity index (χ1) is 11.1. The first-order valence-electron chi connectivity index (χ1n) is 8.64. The minimum absolute atomic E-state index is 0. The predicted molar refractivity (Wildman–Crippen MR) is 106 cm³/mol. The molecule has 3 unspecified atom stereocenters. The highest BCUT2D eigenvalue weighted by Crippen LogP contribution is 2.29. The van der Waals surface area contributed by atoms with E-state index in [1.165, 1.54) is 12.8 Å². The van der Waals surface area contributed by atoms with Gasteiger partial charge in [-0.05, 0) is 39.5 Å². The van der Waals surface area contributed by atoms with E-state index >= 15 is 0 Å². The van der Waals surface area contributed by atoms with Gasteiger partial charge >= 0.3 is 0 Å². The largest absolute Gasteiger partial charge is 0.372 e. The number of piperidine rings is 1. The molecule has 2 bridgehead atoms. The smallest absolute Gasteiger partial charge is 0.228 e. The highest BCUT2D eigenvalue weighted by molar-refractivity contribution is 7.09. The molecule has 25 heavy (non-hydrogen) atoms. The second-order valence-corrected chi connectivity index (χ2v) is 7.61. The molecule has 2 saturated heterocycles. The van der Waals surface area contributed by atoms with Crippen molar-refractivity contribution in [1.82, 2.24) is 15.2 Å². The molecular weight excluding hydrogens is 381 g/mol. The summed E-state index contributed by atoms with van der Waals surface area (Å²) in [6, 6.07) is 1.58. The molecule has 144 valence electrons. The van der Waals surface area contributed by atoms with Crippen molar-refractivity contribution in [3.8, 4) is 0 Å². The molecule has 3 rings (SSSR count). The van der Waals surface area contributed by atoms with Gasteiger partial charge in [0, 0.05) is 37.2 Å². The monoisotopic (exact) mass is 409 g/mol. The van der Waals surface area contributed by atoms with Crippen molar-refractivity contribution in [2.45, 2.75) is 70.2 Å². The van der Waals surface area contributed by atoms with Gasteiger partial charge in [0.15, 0.2) is 0 Å². The van der Waals surface area contributed by atoms with Gasteiger partial charge in [0.1, 0.15) is 11.1 Å². The van der Waals surface area contributed by atoms with Crippen LogP contribution in [0.25, 0.3) is 0 Å². The van der Waals surface area contributed by atoms with Crippen LogP contribution in [0.5, 0.6) is 0 Å². The Bertz CT molecular complexity index is 546. The van der Waals surface area contributed by atoms with Crippen LogP contribution in [0.3, 0.4) is 0 Å².